The fraction of sp³-hybridized carbons (Fsp3) is 0.867. The number of hydrogen-bond acceptors (Lipinski definition) is 5. The standard InChI is InChI=1S/C15H29N3O4/c1-14(2)9-11(16)10-15(3,4)18(14)13(22)12(21)17(5-7-19)6-8-20/h11,19-20H,5-10,16H2,1-4H3. The second-order valence-electron chi connectivity index (χ2n) is 7.17. The van der Waals surface area contributed by atoms with Crippen molar-refractivity contribution in [2.75, 3.05) is 26.3 Å². The van der Waals surface area contributed by atoms with Gasteiger partial charge in [0.1, 0.15) is 0 Å². The minimum absolute atomic E-state index is 0.0184. The number of hydrogen-bond donors (Lipinski definition) is 3. The highest BCUT2D eigenvalue weighted by Crippen LogP contribution is 2.37. The van der Waals surface area contributed by atoms with Crippen LogP contribution in [0.2, 0.25) is 0 Å². The van der Waals surface area contributed by atoms with E-state index in [1.807, 2.05) is 27.7 Å². The molecular formula is C15H29N3O4. The maximum absolute atomic E-state index is 12.8. The lowest BCUT2D eigenvalue weighted by Gasteiger charge is -2.54. The van der Waals surface area contributed by atoms with Gasteiger partial charge in [-0.15, -0.1) is 0 Å². The first-order valence-electron chi connectivity index (χ1n) is 7.67. The van der Waals surface area contributed by atoms with E-state index in [1.165, 1.54) is 4.90 Å². The largest absolute Gasteiger partial charge is 0.395 e. The Labute approximate surface area is 132 Å². The summed E-state index contributed by atoms with van der Waals surface area (Å²) in [5.41, 5.74) is 5.02. The van der Waals surface area contributed by atoms with Gasteiger partial charge in [-0.2, -0.15) is 0 Å². The number of amides is 2. The normalized spacial score (nSPS) is 20.8. The molecule has 0 aromatic carbocycles. The minimum Gasteiger partial charge on any atom is -0.395 e. The first-order valence-corrected chi connectivity index (χ1v) is 7.67. The number of carbonyl (C=O) groups is 2. The molecule has 2 amide bonds. The third-order valence-corrected chi connectivity index (χ3v) is 4.15. The van der Waals surface area contributed by atoms with E-state index >= 15 is 0 Å². The Balaban J connectivity index is 3.04. The van der Waals surface area contributed by atoms with Crippen molar-refractivity contribution < 1.29 is 19.8 Å². The first-order chi connectivity index (χ1) is 10.1. The van der Waals surface area contributed by atoms with Crippen molar-refractivity contribution in [3.8, 4) is 0 Å². The zero-order valence-electron chi connectivity index (χ0n) is 14.0. The van der Waals surface area contributed by atoms with Crippen LogP contribution in [-0.2, 0) is 9.59 Å². The minimum atomic E-state index is -0.695. The van der Waals surface area contributed by atoms with Crippen molar-refractivity contribution in [3.63, 3.8) is 0 Å². The van der Waals surface area contributed by atoms with Crippen LogP contribution in [0.3, 0.4) is 0 Å². The van der Waals surface area contributed by atoms with Crippen LogP contribution in [0.25, 0.3) is 0 Å². The highest BCUT2D eigenvalue weighted by atomic mass is 16.3. The van der Waals surface area contributed by atoms with Crippen LogP contribution in [0, 0.1) is 0 Å². The number of nitrogens with two attached hydrogens (primary N) is 1. The van der Waals surface area contributed by atoms with Gasteiger partial charge in [-0.05, 0) is 40.5 Å². The number of nitrogens with zero attached hydrogens (tertiary/aromatic N) is 2. The zero-order chi connectivity index (χ0) is 17.1. The molecule has 0 aliphatic carbocycles. The van der Waals surface area contributed by atoms with Crippen molar-refractivity contribution in [3.05, 3.63) is 0 Å². The van der Waals surface area contributed by atoms with E-state index < -0.39 is 22.9 Å². The van der Waals surface area contributed by atoms with Crippen LogP contribution < -0.4 is 5.73 Å². The van der Waals surface area contributed by atoms with Gasteiger partial charge in [-0.3, -0.25) is 9.59 Å². The highest BCUT2D eigenvalue weighted by molar-refractivity contribution is 6.35. The molecule has 1 aliphatic rings. The van der Waals surface area contributed by atoms with Crippen LogP contribution in [0.15, 0.2) is 0 Å². The monoisotopic (exact) mass is 315 g/mol. The number of aliphatic hydroxyl groups is 2. The molecule has 0 atom stereocenters. The smallest absolute Gasteiger partial charge is 0.312 e. The summed E-state index contributed by atoms with van der Waals surface area (Å²) in [5.74, 6) is -1.30. The Morgan fingerprint density at radius 2 is 1.50 bits per heavy atom. The average molecular weight is 315 g/mol. The molecule has 0 spiro atoms. The van der Waals surface area contributed by atoms with Gasteiger partial charge < -0.3 is 25.7 Å². The van der Waals surface area contributed by atoms with Gasteiger partial charge in [0.05, 0.1) is 13.2 Å². The lowest BCUT2D eigenvalue weighted by molar-refractivity contribution is -0.164. The molecule has 4 N–H and O–H groups in total. The summed E-state index contributed by atoms with van der Waals surface area (Å²) in [7, 11) is 0. The van der Waals surface area contributed by atoms with Gasteiger partial charge in [-0.1, -0.05) is 0 Å². The van der Waals surface area contributed by atoms with Crippen LogP contribution in [0.1, 0.15) is 40.5 Å². The summed E-state index contributed by atoms with van der Waals surface area (Å²) in [6, 6.07) is -0.0184. The van der Waals surface area contributed by atoms with Gasteiger partial charge >= 0.3 is 11.8 Å². The molecule has 1 heterocycles. The topological polar surface area (TPSA) is 107 Å². The Morgan fingerprint density at radius 1 is 1.09 bits per heavy atom. The second kappa shape index (κ2) is 6.93. The SMILES string of the molecule is CC1(C)CC(N)CC(C)(C)N1C(=O)C(=O)N(CCO)CCO. The summed E-state index contributed by atoms with van der Waals surface area (Å²) >= 11 is 0. The van der Waals surface area contributed by atoms with Crippen LogP contribution >= 0.6 is 0 Å². The van der Waals surface area contributed by atoms with Gasteiger partial charge in [-0.25, -0.2) is 0 Å². The fourth-order valence-electron chi connectivity index (χ4n) is 3.69. The van der Waals surface area contributed by atoms with E-state index in [2.05, 4.69) is 0 Å². The van der Waals surface area contributed by atoms with E-state index in [9.17, 15) is 9.59 Å². The summed E-state index contributed by atoms with van der Waals surface area (Å²) in [4.78, 5) is 28.0. The molecular weight excluding hydrogens is 286 g/mol. The highest BCUT2D eigenvalue weighted by Gasteiger charge is 2.49. The van der Waals surface area contributed by atoms with Crippen molar-refractivity contribution in [2.24, 2.45) is 5.73 Å². The molecule has 7 nitrogen and oxygen atoms in total. The predicted octanol–water partition coefficient (Wildman–Crippen LogP) is -0.693. The number of piperidine rings is 1. The van der Waals surface area contributed by atoms with Crippen LogP contribution in [0.4, 0.5) is 0 Å². The van der Waals surface area contributed by atoms with Crippen molar-refractivity contribution in [1.29, 1.82) is 0 Å². The molecule has 1 fully saturated rings. The lowest BCUT2D eigenvalue weighted by Crippen LogP contribution is -2.67. The molecule has 0 aromatic rings. The second-order valence-corrected chi connectivity index (χ2v) is 7.17. The molecule has 0 unspecified atom stereocenters. The summed E-state index contributed by atoms with van der Waals surface area (Å²) < 4.78 is 0. The zero-order valence-corrected chi connectivity index (χ0v) is 14.0. The predicted molar refractivity (Wildman–Crippen MR) is 83.0 cm³/mol. The number of carbonyl (C=O) groups excluding carboxylic acids is 2. The summed E-state index contributed by atoms with van der Waals surface area (Å²) in [6.45, 7) is 7.16. The number of aliphatic hydroxyl groups excluding tert-OH is 2. The molecule has 22 heavy (non-hydrogen) atoms. The van der Waals surface area contributed by atoms with Crippen molar-refractivity contribution in [1.82, 2.24) is 9.80 Å². The molecule has 1 rings (SSSR count). The van der Waals surface area contributed by atoms with E-state index in [4.69, 9.17) is 15.9 Å². The Bertz CT molecular complexity index is 399. The van der Waals surface area contributed by atoms with Crippen molar-refractivity contribution >= 4 is 11.8 Å². The van der Waals surface area contributed by atoms with Gasteiger partial charge in [0.2, 0.25) is 0 Å². The van der Waals surface area contributed by atoms with Gasteiger partial charge in [0.15, 0.2) is 0 Å². The molecule has 0 bridgehead atoms. The Morgan fingerprint density at radius 3 is 1.86 bits per heavy atom. The molecule has 0 saturated carbocycles. The van der Waals surface area contributed by atoms with Gasteiger partial charge in [0.25, 0.3) is 0 Å². The summed E-state index contributed by atoms with van der Waals surface area (Å²) in [5, 5.41) is 18.1. The van der Waals surface area contributed by atoms with Gasteiger partial charge in [0, 0.05) is 30.2 Å². The average Bonchev–Trinajstić information content (AvgIpc) is 2.33. The van der Waals surface area contributed by atoms with E-state index in [0.717, 1.165) is 0 Å². The number of rotatable bonds is 4. The van der Waals surface area contributed by atoms with Crippen molar-refractivity contribution in [2.45, 2.75) is 57.7 Å². The molecule has 1 aliphatic heterocycles. The molecule has 7 heteroatoms. The van der Waals surface area contributed by atoms with E-state index in [0.29, 0.717) is 12.8 Å². The Kier molecular flexibility index (Phi) is 5.95. The molecule has 0 radical (unpaired) electrons. The summed E-state index contributed by atoms with van der Waals surface area (Å²) in [6.07, 6.45) is 1.24. The third-order valence-electron chi connectivity index (χ3n) is 4.15. The molecule has 128 valence electrons. The maximum atomic E-state index is 12.8. The third kappa shape index (κ3) is 3.97. The first kappa shape index (κ1) is 18.9. The quantitative estimate of drug-likeness (QED) is 0.595. The maximum Gasteiger partial charge on any atom is 0.312 e. The van der Waals surface area contributed by atoms with Crippen LogP contribution in [0.5, 0.6) is 0 Å². The number of likely N-dealkylation sites (tertiary alicyclic amines) is 1. The molecule has 1 saturated heterocycles. The van der Waals surface area contributed by atoms with E-state index in [-0.39, 0.29) is 32.3 Å². The lowest BCUT2D eigenvalue weighted by atomic mass is 9.77. The Hall–Kier alpha value is -1.18. The van der Waals surface area contributed by atoms with E-state index in [1.54, 1.807) is 4.90 Å². The molecule has 0 aromatic heterocycles. The van der Waals surface area contributed by atoms with Crippen LogP contribution in [-0.4, -0.2) is 75.3 Å². The fourth-order valence-corrected chi connectivity index (χ4v) is 3.69.